The van der Waals surface area contributed by atoms with Crippen molar-refractivity contribution >= 4 is 33.9 Å². The van der Waals surface area contributed by atoms with E-state index in [0.29, 0.717) is 23.5 Å². The fourth-order valence-electron chi connectivity index (χ4n) is 3.14. The fourth-order valence-corrected chi connectivity index (χ4v) is 3.52. The van der Waals surface area contributed by atoms with Gasteiger partial charge in [0.15, 0.2) is 0 Å². The third-order valence-electron chi connectivity index (χ3n) is 4.73. The van der Waals surface area contributed by atoms with Gasteiger partial charge in [0.2, 0.25) is 0 Å². The minimum atomic E-state index is -0.526. The van der Waals surface area contributed by atoms with Gasteiger partial charge < -0.3 is 10.1 Å². The summed E-state index contributed by atoms with van der Waals surface area (Å²) in [5, 5.41) is 2.61. The summed E-state index contributed by atoms with van der Waals surface area (Å²) in [5.74, 6) is -0.249. The molecule has 0 atom stereocenters. The highest BCUT2D eigenvalue weighted by Crippen LogP contribution is 2.27. The maximum Gasteiger partial charge on any atom is 0.329 e. The number of imide groups is 1. The van der Waals surface area contributed by atoms with Gasteiger partial charge in [-0.2, -0.15) is 0 Å². The van der Waals surface area contributed by atoms with Gasteiger partial charge in [-0.05, 0) is 47.5 Å². The van der Waals surface area contributed by atoms with Crippen molar-refractivity contribution < 1.29 is 18.7 Å². The molecule has 31 heavy (non-hydrogen) atoms. The summed E-state index contributed by atoms with van der Waals surface area (Å²) in [6.07, 6.45) is 1.59. The standard InChI is InChI=1S/C24H18BrFN2O3/c25-19-8-11-22(31-15-17-4-2-1-3-5-17)18(12-19)13-21-23(29)28(24(30)27-21)14-16-6-9-20(26)10-7-16/h1-13H,14-15H2,(H,27,30)/b21-13-. The molecule has 7 heteroatoms. The first-order valence-electron chi connectivity index (χ1n) is 9.55. The Morgan fingerprint density at radius 3 is 2.45 bits per heavy atom. The summed E-state index contributed by atoms with van der Waals surface area (Å²) in [5.41, 5.74) is 2.47. The fraction of sp³-hybridized carbons (Fsp3) is 0.0833. The van der Waals surface area contributed by atoms with Crippen LogP contribution in [-0.2, 0) is 17.9 Å². The van der Waals surface area contributed by atoms with Crippen molar-refractivity contribution in [1.29, 1.82) is 0 Å². The summed E-state index contributed by atoms with van der Waals surface area (Å²) in [4.78, 5) is 26.3. The molecule has 3 amide bonds. The van der Waals surface area contributed by atoms with Crippen LogP contribution in [0.2, 0.25) is 0 Å². The molecule has 156 valence electrons. The zero-order chi connectivity index (χ0) is 21.8. The molecule has 5 nitrogen and oxygen atoms in total. The molecule has 0 spiro atoms. The molecule has 0 bridgehead atoms. The summed E-state index contributed by atoms with van der Waals surface area (Å²) in [7, 11) is 0. The Bertz CT molecular complexity index is 1150. The Hall–Kier alpha value is -3.45. The van der Waals surface area contributed by atoms with E-state index in [1.54, 1.807) is 24.3 Å². The van der Waals surface area contributed by atoms with E-state index < -0.39 is 11.9 Å². The van der Waals surface area contributed by atoms with Crippen molar-refractivity contribution in [2.75, 3.05) is 0 Å². The van der Waals surface area contributed by atoms with Gasteiger partial charge in [0.25, 0.3) is 5.91 Å². The third-order valence-corrected chi connectivity index (χ3v) is 5.22. The maximum atomic E-state index is 13.1. The molecule has 0 aliphatic carbocycles. The van der Waals surface area contributed by atoms with E-state index in [1.165, 1.54) is 12.1 Å². The number of urea groups is 1. The molecule has 1 fully saturated rings. The number of rotatable bonds is 6. The monoisotopic (exact) mass is 480 g/mol. The zero-order valence-electron chi connectivity index (χ0n) is 16.3. The number of nitrogens with one attached hydrogen (secondary N) is 1. The van der Waals surface area contributed by atoms with Crippen LogP contribution in [0.1, 0.15) is 16.7 Å². The Balaban J connectivity index is 1.55. The normalized spacial score (nSPS) is 14.8. The maximum absolute atomic E-state index is 13.1. The highest BCUT2D eigenvalue weighted by Gasteiger charge is 2.33. The minimum absolute atomic E-state index is 0.0537. The predicted molar refractivity (Wildman–Crippen MR) is 118 cm³/mol. The lowest BCUT2D eigenvalue weighted by atomic mass is 10.1. The number of halogens is 2. The number of amides is 3. The number of benzene rings is 3. The van der Waals surface area contributed by atoms with Crippen molar-refractivity contribution in [2.24, 2.45) is 0 Å². The molecule has 1 heterocycles. The number of carbonyl (C=O) groups is 2. The van der Waals surface area contributed by atoms with Gasteiger partial charge in [-0.15, -0.1) is 0 Å². The number of carbonyl (C=O) groups excluding carboxylic acids is 2. The van der Waals surface area contributed by atoms with Crippen molar-refractivity contribution in [2.45, 2.75) is 13.2 Å². The summed E-state index contributed by atoms with van der Waals surface area (Å²) < 4.78 is 19.9. The van der Waals surface area contributed by atoms with E-state index in [-0.39, 0.29) is 18.1 Å². The van der Waals surface area contributed by atoms with Gasteiger partial charge in [0.1, 0.15) is 23.9 Å². The molecule has 1 N–H and O–H groups in total. The van der Waals surface area contributed by atoms with E-state index in [1.807, 2.05) is 42.5 Å². The van der Waals surface area contributed by atoms with Crippen LogP contribution in [0.15, 0.2) is 83.0 Å². The van der Waals surface area contributed by atoms with Gasteiger partial charge >= 0.3 is 6.03 Å². The third kappa shape index (κ3) is 5.00. The molecule has 1 aliphatic heterocycles. The lowest BCUT2D eigenvalue weighted by Crippen LogP contribution is -2.30. The first-order valence-corrected chi connectivity index (χ1v) is 10.3. The molecule has 0 unspecified atom stereocenters. The van der Waals surface area contributed by atoms with Crippen molar-refractivity contribution in [3.05, 3.63) is 105 Å². The molecule has 3 aromatic rings. The predicted octanol–water partition coefficient (Wildman–Crippen LogP) is 5.26. The summed E-state index contributed by atoms with van der Waals surface area (Å²) in [6, 6.07) is 20.3. The second-order valence-electron chi connectivity index (χ2n) is 6.96. The van der Waals surface area contributed by atoms with Crippen LogP contribution in [-0.4, -0.2) is 16.8 Å². The van der Waals surface area contributed by atoms with Crippen molar-refractivity contribution in [1.82, 2.24) is 10.2 Å². The number of hydrogen-bond acceptors (Lipinski definition) is 3. The summed E-state index contributed by atoms with van der Waals surface area (Å²) >= 11 is 3.43. The molecular formula is C24H18BrFN2O3. The molecule has 4 rings (SSSR count). The average molecular weight is 481 g/mol. The van der Waals surface area contributed by atoms with Crippen LogP contribution in [0.4, 0.5) is 9.18 Å². The second kappa shape index (κ2) is 9.14. The lowest BCUT2D eigenvalue weighted by Gasteiger charge is -2.12. The first-order chi connectivity index (χ1) is 15.0. The van der Waals surface area contributed by atoms with Crippen LogP contribution >= 0.6 is 15.9 Å². The van der Waals surface area contributed by atoms with E-state index in [2.05, 4.69) is 21.2 Å². The Labute approximate surface area is 187 Å². The smallest absolute Gasteiger partial charge is 0.329 e. The SMILES string of the molecule is O=C1N/C(=C\c2cc(Br)ccc2OCc2ccccc2)C(=O)N1Cc1ccc(F)cc1. The average Bonchev–Trinajstić information content (AvgIpc) is 3.03. The largest absolute Gasteiger partial charge is 0.488 e. The Morgan fingerprint density at radius 2 is 1.71 bits per heavy atom. The number of nitrogens with zero attached hydrogens (tertiary/aromatic N) is 1. The lowest BCUT2D eigenvalue weighted by molar-refractivity contribution is -0.123. The Morgan fingerprint density at radius 1 is 0.968 bits per heavy atom. The van der Waals surface area contributed by atoms with Gasteiger partial charge in [-0.3, -0.25) is 9.69 Å². The van der Waals surface area contributed by atoms with Gasteiger partial charge in [0, 0.05) is 10.0 Å². The highest BCUT2D eigenvalue weighted by atomic mass is 79.9. The minimum Gasteiger partial charge on any atom is -0.488 e. The van der Waals surface area contributed by atoms with Gasteiger partial charge in [-0.25, -0.2) is 9.18 Å². The van der Waals surface area contributed by atoms with E-state index >= 15 is 0 Å². The van der Waals surface area contributed by atoms with Gasteiger partial charge in [-0.1, -0.05) is 58.4 Å². The molecule has 1 saturated heterocycles. The molecule has 3 aromatic carbocycles. The zero-order valence-corrected chi connectivity index (χ0v) is 17.9. The highest BCUT2D eigenvalue weighted by molar-refractivity contribution is 9.10. The van der Waals surface area contributed by atoms with E-state index in [0.717, 1.165) is 14.9 Å². The number of hydrogen-bond donors (Lipinski definition) is 1. The molecular weight excluding hydrogens is 463 g/mol. The first kappa shape index (κ1) is 20.8. The van der Waals surface area contributed by atoms with Crippen LogP contribution in [0, 0.1) is 5.82 Å². The van der Waals surface area contributed by atoms with E-state index in [9.17, 15) is 14.0 Å². The van der Waals surface area contributed by atoms with Crippen molar-refractivity contribution in [3.8, 4) is 5.75 Å². The van der Waals surface area contributed by atoms with Crippen LogP contribution in [0.25, 0.3) is 6.08 Å². The molecule has 1 aliphatic rings. The molecule has 0 aromatic heterocycles. The van der Waals surface area contributed by atoms with Crippen LogP contribution in [0.3, 0.4) is 0 Å². The topological polar surface area (TPSA) is 58.6 Å². The summed E-state index contributed by atoms with van der Waals surface area (Å²) in [6.45, 7) is 0.424. The molecule has 0 saturated carbocycles. The number of ether oxygens (including phenoxy) is 1. The van der Waals surface area contributed by atoms with E-state index in [4.69, 9.17) is 4.74 Å². The molecule has 0 radical (unpaired) electrons. The van der Waals surface area contributed by atoms with Crippen LogP contribution < -0.4 is 10.1 Å². The van der Waals surface area contributed by atoms with Gasteiger partial charge in [0.05, 0.1) is 6.54 Å². The second-order valence-corrected chi connectivity index (χ2v) is 7.88. The van der Waals surface area contributed by atoms with Crippen LogP contribution in [0.5, 0.6) is 5.75 Å². The Kier molecular flexibility index (Phi) is 6.13. The quantitative estimate of drug-likeness (QED) is 0.386. The van der Waals surface area contributed by atoms with Crippen molar-refractivity contribution in [3.63, 3.8) is 0 Å².